The molecule has 196 valence electrons. The Morgan fingerprint density at radius 3 is 2.46 bits per heavy atom. The van der Waals surface area contributed by atoms with Crippen molar-refractivity contribution in [1.82, 2.24) is 10.2 Å². The first kappa shape index (κ1) is 26.7. The summed E-state index contributed by atoms with van der Waals surface area (Å²) in [5.41, 5.74) is 1.82. The van der Waals surface area contributed by atoms with Gasteiger partial charge in [0.1, 0.15) is 17.7 Å². The molecule has 2 aliphatic rings. The molecule has 4 rings (SSSR count). The number of sulfone groups is 1. The van der Waals surface area contributed by atoms with Crippen LogP contribution in [0, 0.1) is 17.2 Å². The van der Waals surface area contributed by atoms with Crippen LogP contribution in [0.25, 0.3) is 11.1 Å². The molecule has 1 saturated carbocycles. The molecule has 4 unspecified atom stereocenters. The highest BCUT2D eigenvalue weighted by atomic mass is 32.2. The molecule has 2 bridgehead atoms. The topological polar surface area (TPSA) is 117 Å². The quantitative estimate of drug-likeness (QED) is 0.609. The number of ether oxygens (including phenoxy) is 1. The van der Waals surface area contributed by atoms with Gasteiger partial charge in [0.2, 0.25) is 5.91 Å². The van der Waals surface area contributed by atoms with Crippen LogP contribution in [0.2, 0.25) is 0 Å². The summed E-state index contributed by atoms with van der Waals surface area (Å²) in [7, 11) is -3.31. The fraction of sp³-hybridized carbons (Fsp3) is 0.464. The van der Waals surface area contributed by atoms with Gasteiger partial charge in [0.15, 0.2) is 9.84 Å². The number of likely N-dealkylation sites (tertiary alicyclic amines) is 1. The number of nitrogens with one attached hydrogen (secondary N) is 1. The Morgan fingerprint density at radius 2 is 1.84 bits per heavy atom. The Bertz CT molecular complexity index is 1320. The molecular formula is C28H33N3O5S. The number of benzene rings is 2. The van der Waals surface area contributed by atoms with Crippen molar-refractivity contribution in [2.75, 3.05) is 6.26 Å². The van der Waals surface area contributed by atoms with Crippen molar-refractivity contribution in [3.8, 4) is 17.2 Å². The fourth-order valence-corrected chi connectivity index (χ4v) is 5.93. The minimum Gasteiger partial charge on any atom is -0.444 e. The zero-order valence-electron chi connectivity index (χ0n) is 21.6. The summed E-state index contributed by atoms with van der Waals surface area (Å²) >= 11 is 0. The number of nitriles is 1. The van der Waals surface area contributed by atoms with E-state index in [4.69, 9.17) is 4.74 Å². The predicted octanol–water partition coefficient (Wildman–Crippen LogP) is 4.10. The van der Waals surface area contributed by atoms with E-state index >= 15 is 0 Å². The Kier molecular flexibility index (Phi) is 7.33. The van der Waals surface area contributed by atoms with E-state index in [2.05, 4.69) is 11.4 Å². The lowest BCUT2D eigenvalue weighted by atomic mass is 9.97. The van der Waals surface area contributed by atoms with Crippen molar-refractivity contribution in [2.24, 2.45) is 5.92 Å². The van der Waals surface area contributed by atoms with Crippen LogP contribution >= 0.6 is 0 Å². The standard InChI is InChI=1S/C28H33N3O5S/c1-28(2,3)36-27(33)31-23-13-12-21(15-23)25(31)26(32)30-22(17-29)14-18-8-10-19(11-9-18)20-6-5-7-24(16-20)37(4,34)35/h5-11,16,21-23,25H,12-15H2,1-4H3,(H,30,32). The van der Waals surface area contributed by atoms with E-state index in [0.717, 1.165) is 36.0 Å². The van der Waals surface area contributed by atoms with Gasteiger partial charge in [-0.3, -0.25) is 9.69 Å². The second-order valence-electron chi connectivity index (χ2n) is 11.0. The van der Waals surface area contributed by atoms with Crippen molar-refractivity contribution in [3.63, 3.8) is 0 Å². The van der Waals surface area contributed by atoms with Crippen LogP contribution in [0.3, 0.4) is 0 Å². The highest BCUT2D eigenvalue weighted by Gasteiger charge is 2.52. The number of carbonyl (C=O) groups is 2. The minimum atomic E-state index is -3.31. The van der Waals surface area contributed by atoms with Gasteiger partial charge in [0.05, 0.1) is 11.0 Å². The van der Waals surface area contributed by atoms with Crippen molar-refractivity contribution in [3.05, 3.63) is 54.1 Å². The molecule has 1 saturated heterocycles. The van der Waals surface area contributed by atoms with E-state index in [0.29, 0.717) is 6.42 Å². The SMILES string of the molecule is CC(C)(C)OC(=O)N1C2CCC(C2)C1C(=O)NC(C#N)Cc1ccc(-c2cccc(S(C)(=O)=O)c2)cc1. The smallest absolute Gasteiger partial charge is 0.411 e. The van der Waals surface area contributed by atoms with Gasteiger partial charge in [-0.2, -0.15) is 5.26 Å². The lowest BCUT2D eigenvalue weighted by molar-refractivity contribution is -0.128. The van der Waals surface area contributed by atoms with Crippen LogP contribution < -0.4 is 5.32 Å². The van der Waals surface area contributed by atoms with Gasteiger partial charge in [-0.05, 0) is 74.8 Å². The molecule has 1 heterocycles. The molecule has 4 atom stereocenters. The van der Waals surface area contributed by atoms with Crippen LogP contribution in [0.4, 0.5) is 4.79 Å². The summed E-state index contributed by atoms with van der Waals surface area (Å²) in [6.45, 7) is 5.40. The number of nitrogens with zero attached hydrogens (tertiary/aromatic N) is 2. The number of hydrogen-bond acceptors (Lipinski definition) is 6. The summed E-state index contributed by atoms with van der Waals surface area (Å²) in [5.74, 6) is -0.252. The third-order valence-corrected chi connectivity index (χ3v) is 8.03. The van der Waals surface area contributed by atoms with Crippen LogP contribution in [-0.4, -0.2) is 55.3 Å². The van der Waals surface area contributed by atoms with E-state index < -0.39 is 33.6 Å². The van der Waals surface area contributed by atoms with Gasteiger partial charge >= 0.3 is 6.09 Å². The molecule has 0 aromatic heterocycles. The maximum Gasteiger partial charge on any atom is 0.411 e. The van der Waals surface area contributed by atoms with Crippen molar-refractivity contribution < 1.29 is 22.7 Å². The van der Waals surface area contributed by atoms with Crippen LogP contribution in [0.15, 0.2) is 53.4 Å². The molecule has 1 aliphatic carbocycles. The van der Waals surface area contributed by atoms with Gasteiger partial charge in [-0.25, -0.2) is 13.2 Å². The number of amides is 2. The molecule has 2 fully saturated rings. The third kappa shape index (κ3) is 6.13. The normalized spacial score (nSPS) is 21.8. The maximum atomic E-state index is 13.3. The largest absolute Gasteiger partial charge is 0.444 e. The molecule has 0 spiro atoms. The van der Waals surface area contributed by atoms with E-state index in [1.807, 2.05) is 30.3 Å². The van der Waals surface area contributed by atoms with Gasteiger partial charge < -0.3 is 10.1 Å². The molecule has 0 radical (unpaired) electrons. The van der Waals surface area contributed by atoms with E-state index in [1.54, 1.807) is 43.9 Å². The molecular weight excluding hydrogens is 490 g/mol. The Labute approximate surface area is 218 Å². The molecule has 1 N–H and O–H groups in total. The molecule has 2 aromatic rings. The molecule has 9 heteroatoms. The first-order valence-corrected chi connectivity index (χ1v) is 14.4. The molecule has 8 nitrogen and oxygen atoms in total. The van der Waals surface area contributed by atoms with Gasteiger partial charge in [-0.1, -0.05) is 36.4 Å². The second kappa shape index (κ2) is 10.2. The summed E-state index contributed by atoms with van der Waals surface area (Å²) in [5, 5.41) is 12.6. The lowest BCUT2D eigenvalue weighted by Crippen LogP contribution is -2.55. The summed E-state index contributed by atoms with van der Waals surface area (Å²) in [4.78, 5) is 28.0. The highest BCUT2D eigenvalue weighted by molar-refractivity contribution is 7.90. The van der Waals surface area contributed by atoms with Gasteiger partial charge in [0.25, 0.3) is 0 Å². The first-order valence-electron chi connectivity index (χ1n) is 12.5. The Morgan fingerprint density at radius 1 is 1.14 bits per heavy atom. The predicted molar refractivity (Wildman–Crippen MR) is 139 cm³/mol. The average Bonchev–Trinajstić information content (AvgIpc) is 3.44. The van der Waals surface area contributed by atoms with E-state index in [9.17, 15) is 23.3 Å². The highest BCUT2D eigenvalue weighted by Crippen LogP contribution is 2.43. The first-order chi connectivity index (χ1) is 17.4. The minimum absolute atomic E-state index is 0.00937. The van der Waals surface area contributed by atoms with Gasteiger partial charge in [-0.15, -0.1) is 0 Å². The zero-order valence-corrected chi connectivity index (χ0v) is 22.4. The van der Waals surface area contributed by atoms with Crippen molar-refractivity contribution in [2.45, 2.75) is 75.1 Å². The van der Waals surface area contributed by atoms with Crippen molar-refractivity contribution >= 4 is 21.8 Å². The molecule has 37 heavy (non-hydrogen) atoms. The van der Waals surface area contributed by atoms with Crippen molar-refractivity contribution in [1.29, 1.82) is 5.26 Å². The van der Waals surface area contributed by atoms with Crippen LogP contribution in [0.1, 0.15) is 45.6 Å². The Balaban J connectivity index is 1.43. The second-order valence-corrected chi connectivity index (χ2v) is 13.0. The molecule has 1 aliphatic heterocycles. The summed E-state index contributed by atoms with van der Waals surface area (Å²) in [6.07, 6.45) is 3.50. The number of piperidine rings is 1. The molecule has 2 amide bonds. The van der Waals surface area contributed by atoms with Gasteiger partial charge in [0, 0.05) is 18.7 Å². The third-order valence-electron chi connectivity index (χ3n) is 6.92. The van der Waals surface area contributed by atoms with E-state index in [-0.39, 0.29) is 22.8 Å². The summed E-state index contributed by atoms with van der Waals surface area (Å²) < 4.78 is 29.3. The average molecular weight is 524 g/mol. The van der Waals surface area contributed by atoms with Crippen LogP contribution in [0.5, 0.6) is 0 Å². The van der Waals surface area contributed by atoms with E-state index in [1.165, 1.54) is 6.26 Å². The monoisotopic (exact) mass is 523 g/mol. The number of fused-ring (bicyclic) bond motifs is 2. The zero-order chi connectivity index (χ0) is 27.0. The number of hydrogen-bond donors (Lipinski definition) is 1. The number of rotatable bonds is 6. The maximum absolute atomic E-state index is 13.3. The van der Waals surface area contributed by atoms with Crippen LogP contribution in [-0.2, 0) is 25.8 Å². The lowest BCUT2D eigenvalue weighted by Gasteiger charge is -2.35. The molecule has 2 aromatic carbocycles. The number of carbonyl (C=O) groups excluding carboxylic acids is 2. The fourth-order valence-electron chi connectivity index (χ4n) is 5.26. The summed E-state index contributed by atoms with van der Waals surface area (Å²) in [6, 6.07) is 15.0. The Hall–Kier alpha value is -3.38.